The molecule has 0 spiro atoms. The fraction of sp³-hybridized carbons (Fsp3) is 0.900. The maximum atomic E-state index is 8.90. The third-order valence-corrected chi connectivity index (χ3v) is 2.62. The van der Waals surface area contributed by atoms with E-state index in [0.29, 0.717) is 5.92 Å². The van der Waals surface area contributed by atoms with Crippen molar-refractivity contribution in [2.24, 2.45) is 5.92 Å². The lowest BCUT2D eigenvalue weighted by molar-refractivity contribution is 0.421. The average molecular weight is 166 g/mol. The molecule has 1 unspecified atom stereocenters. The molecule has 1 atom stereocenters. The predicted molar refractivity (Wildman–Crippen MR) is 49.7 cm³/mol. The first-order valence-electron chi connectivity index (χ1n) is 5.01. The van der Waals surface area contributed by atoms with E-state index in [2.05, 4.69) is 18.3 Å². The lowest BCUT2D eigenvalue weighted by Gasteiger charge is -2.16. The van der Waals surface area contributed by atoms with Crippen molar-refractivity contribution in [2.45, 2.75) is 45.1 Å². The average Bonchev–Trinajstić information content (AvgIpc) is 2.59. The van der Waals surface area contributed by atoms with E-state index >= 15 is 0 Å². The van der Waals surface area contributed by atoms with Crippen LogP contribution in [0, 0.1) is 17.2 Å². The van der Waals surface area contributed by atoms with Crippen LogP contribution in [-0.2, 0) is 0 Å². The molecular formula is C10H18N2. The zero-order valence-electron chi connectivity index (χ0n) is 7.84. The van der Waals surface area contributed by atoms with Gasteiger partial charge in [0.1, 0.15) is 0 Å². The molecule has 0 aromatic heterocycles. The SMILES string of the molecule is CCCNC(C#N)C1CCCC1. The van der Waals surface area contributed by atoms with Gasteiger partial charge in [-0.1, -0.05) is 19.8 Å². The summed E-state index contributed by atoms with van der Waals surface area (Å²) in [5.41, 5.74) is 0. The highest BCUT2D eigenvalue weighted by molar-refractivity contribution is 4.96. The van der Waals surface area contributed by atoms with E-state index in [0.717, 1.165) is 13.0 Å². The van der Waals surface area contributed by atoms with E-state index in [9.17, 15) is 0 Å². The molecule has 68 valence electrons. The van der Waals surface area contributed by atoms with E-state index in [1.165, 1.54) is 25.7 Å². The molecule has 0 bridgehead atoms. The van der Waals surface area contributed by atoms with Gasteiger partial charge in [0, 0.05) is 0 Å². The molecule has 1 N–H and O–H groups in total. The van der Waals surface area contributed by atoms with E-state index in [-0.39, 0.29) is 6.04 Å². The highest BCUT2D eigenvalue weighted by Gasteiger charge is 2.23. The van der Waals surface area contributed by atoms with Gasteiger partial charge in [-0.25, -0.2) is 0 Å². The minimum Gasteiger partial charge on any atom is -0.302 e. The number of nitrogens with one attached hydrogen (secondary N) is 1. The Labute approximate surface area is 75.0 Å². The molecule has 12 heavy (non-hydrogen) atoms. The first kappa shape index (κ1) is 9.54. The summed E-state index contributed by atoms with van der Waals surface area (Å²) in [4.78, 5) is 0. The molecule has 0 radical (unpaired) electrons. The van der Waals surface area contributed by atoms with Crippen LogP contribution in [0.4, 0.5) is 0 Å². The van der Waals surface area contributed by atoms with Crippen LogP contribution in [0.5, 0.6) is 0 Å². The van der Waals surface area contributed by atoms with E-state index in [1.54, 1.807) is 0 Å². The highest BCUT2D eigenvalue weighted by atomic mass is 14.9. The number of nitriles is 1. The van der Waals surface area contributed by atoms with E-state index < -0.39 is 0 Å². The fourth-order valence-electron chi connectivity index (χ4n) is 1.91. The van der Waals surface area contributed by atoms with Crippen LogP contribution in [0.3, 0.4) is 0 Å². The number of hydrogen-bond donors (Lipinski definition) is 1. The minimum absolute atomic E-state index is 0.118. The van der Waals surface area contributed by atoms with Crippen molar-refractivity contribution >= 4 is 0 Å². The van der Waals surface area contributed by atoms with Gasteiger partial charge in [0.25, 0.3) is 0 Å². The van der Waals surface area contributed by atoms with Crippen molar-refractivity contribution in [3.8, 4) is 6.07 Å². The first-order chi connectivity index (χ1) is 5.88. The van der Waals surface area contributed by atoms with Crippen molar-refractivity contribution < 1.29 is 0 Å². The summed E-state index contributed by atoms with van der Waals surface area (Å²) in [5.74, 6) is 0.626. The third kappa shape index (κ3) is 2.49. The smallest absolute Gasteiger partial charge is 0.0981 e. The Hall–Kier alpha value is -0.550. The molecule has 0 aromatic rings. The number of rotatable bonds is 4. The number of nitrogens with zero attached hydrogens (tertiary/aromatic N) is 1. The topological polar surface area (TPSA) is 35.8 Å². The molecule has 1 aliphatic carbocycles. The van der Waals surface area contributed by atoms with Gasteiger partial charge < -0.3 is 5.32 Å². The van der Waals surface area contributed by atoms with Gasteiger partial charge in [-0.2, -0.15) is 5.26 Å². The summed E-state index contributed by atoms with van der Waals surface area (Å²) in [6.45, 7) is 3.12. The second-order valence-corrected chi connectivity index (χ2v) is 3.61. The quantitative estimate of drug-likeness (QED) is 0.694. The zero-order chi connectivity index (χ0) is 8.81. The first-order valence-corrected chi connectivity index (χ1v) is 5.01. The summed E-state index contributed by atoms with van der Waals surface area (Å²) in [7, 11) is 0. The van der Waals surface area contributed by atoms with Gasteiger partial charge in [-0.05, 0) is 31.7 Å². The Balaban J connectivity index is 2.29. The van der Waals surface area contributed by atoms with Crippen LogP contribution < -0.4 is 5.32 Å². The Morgan fingerprint density at radius 2 is 2.17 bits per heavy atom. The summed E-state index contributed by atoms with van der Waals surface area (Å²) in [6.07, 6.45) is 6.24. The van der Waals surface area contributed by atoms with Gasteiger partial charge in [0.2, 0.25) is 0 Å². The van der Waals surface area contributed by atoms with Gasteiger partial charge in [-0.3, -0.25) is 0 Å². The lowest BCUT2D eigenvalue weighted by Crippen LogP contribution is -2.34. The molecule has 2 nitrogen and oxygen atoms in total. The van der Waals surface area contributed by atoms with Crippen LogP contribution in [0.15, 0.2) is 0 Å². The monoisotopic (exact) mass is 166 g/mol. The number of hydrogen-bond acceptors (Lipinski definition) is 2. The Morgan fingerprint density at radius 1 is 1.50 bits per heavy atom. The Bertz CT molecular complexity index is 154. The molecule has 2 heteroatoms. The Morgan fingerprint density at radius 3 is 2.67 bits per heavy atom. The molecule has 0 saturated heterocycles. The lowest BCUT2D eigenvalue weighted by atomic mass is 9.99. The van der Waals surface area contributed by atoms with Crippen molar-refractivity contribution in [2.75, 3.05) is 6.54 Å². The minimum atomic E-state index is 0.118. The van der Waals surface area contributed by atoms with Crippen molar-refractivity contribution in [3.63, 3.8) is 0 Å². The van der Waals surface area contributed by atoms with Crippen molar-refractivity contribution in [1.82, 2.24) is 5.32 Å². The van der Waals surface area contributed by atoms with Crippen LogP contribution in [0.2, 0.25) is 0 Å². The molecule has 0 heterocycles. The van der Waals surface area contributed by atoms with Crippen LogP contribution in [-0.4, -0.2) is 12.6 Å². The third-order valence-electron chi connectivity index (χ3n) is 2.62. The van der Waals surface area contributed by atoms with Crippen LogP contribution in [0.25, 0.3) is 0 Å². The fourth-order valence-corrected chi connectivity index (χ4v) is 1.91. The second-order valence-electron chi connectivity index (χ2n) is 3.61. The van der Waals surface area contributed by atoms with Crippen molar-refractivity contribution in [1.29, 1.82) is 5.26 Å². The summed E-state index contributed by atoms with van der Waals surface area (Å²) >= 11 is 0. The molecule has 0 aromatic carbocycles. The van der Waals surface area contributed by atoms with Gasteiger partial charge in [0.05, 0.1) is 12.1 Å². The van der Waals surface area contributed by atoms with Crippen LogP contribution in [0.1, 0.15) is 39.0 Å². The van der Waals surface area contributed by atoms with Gasteiger partial charge >= 0.3 is 0 Å². The molecule has 0 aliphatic heterocycles. The van der Waals surface area contributed by atoms with E-state index in [1.807, 2.05) is 0 Å². The molecule has 1 saturated carbocycles. The zero-order valence-corrected chi connectivity index (χ0v) is 7.84. The Kier molecular flexibility index (Phi) is 4.10. The molecular weight excluding hydrogens is 148 g/mol. The van der Waals surface area contributed by atoms with E-state index in [4.69, 9.17) is 5.26 Å². The van der Waals surface area contributed by atoms with Crippen LogP contribution >= 0.6 is 0 Å². The van der Waals surface area contributed by atoms with Gasteiger partial charge in [0.15, 0.2) is 0 Å². The summed E-state index contributed by atoms with van der Waals surface area (Å²) in [5, 5.41) is 12.2. The standard InChI is InChI=1S/C10H18N2/c1-2-7-12-10(8-11)9-5-3-4-6-9/h9-10,12H,2-7H2,1H3. The molecule has 1 aliphatic rings. The molecule has 0 amide bonds. The largest absolute Gasteiger partial charge is 0.302 e. The maximum absolute atomic E-state index is 8.90. The molecule has 1 rings (SSSR count). The summed E-state index contributed by atoms with van der Waals surface area (Å²) in [6, 6.07) is 2.49. The maximum Gasteiger partial charge on any atom is 0.0981 e. The normalized spacial score (nSPS) is 20.7. The highest BCUT2D eigenvalue weighted by Crippen LogP contribution is 2.27. The predicted octanol–water partition coefficient (Wildman–Crippen LogP) is 2.07. The van der Waals surface area contributed by atoms with Crippen molar-refractivity contribution in [3.05, 3.63) is 0 Å². The molecule has 1 fully saturated rings. The summed E-state index contributed by atoms with van der Waals surface area (Å²) < 4.78 is 0. The second kappa shape index (κ2) is 5.16. The van der Waals surface area contributed by atoms with Gasteiger partial charge in [-0.15, -0.1) is 0 Å².